The van der Waals surface area contributed by atoms with Crippen molar-refractivity contribution in [2.75, 3.05) is 26.7 Å². The minimum atomic E-state index is -0.0565. The second-order valence-electron chi connectivity index (χ2n) is 7.94. The first kappa shape index (κ1) is 24.8. The molecule has 1 aliphatic heterocycles. The lowest BCUT2D eigenvalue weighted by Gasteiger charge is -2.28. The van der Waals surface area contributed by atoms with Gasteiger partial charge in [0.05, 0.1) is 0 Å². The number of rotatable bonds is 17. The Balaban J connectivity index is 1.75. The molecule has 2 nitrogen and oxygen atoms in total. The summed E-state index contributed by atoms with van der Waals surface area (Å²) in [5.74, 6) is 0. The summed E-state index contributed by atoms with van der Waals surface area (Å²) in [4.78, 5) is 2.43. The molecule has 0 amide bonds. The van der Waals surface area contributed by atoms with Crippen LogP contribution in [-0.2, 0) is 0 Å². The van der Waals surface area contributed by atoms with E-state index in [1.807, 2.05) is 0 Å². The average molecular weight is 499 g/mol. The van der Waals surface area contributed by atoms with Crippen LogP contribution < -0.4 is 0 Å². The highest BCUT2D eigenvalue weighted by Crippen LogP contribution is 2.19. The van der Waals surface area contributed by atoms with E-state index in [1.54, 1.807) is 0 Å². The third-order valence-corrected chi connectivity index (χ3v) is 8.47. The van der Waals surface area contributed by atoms with Crippen LogP contribution in [0.25, 0.3) is 0 Å². The van der Waals surface area contributed by atoms with Gasteiger partial charge >= 0.3 is 0 Å². The van der Waals surface area contributed by atoms with E-state index in [0.717, 1.165) is 9.64 Å². The van der Waals surface area contributed by atoms with E-state index in [-0.39, 0.29) is 21.0 Å². The first-order valence-corrected chi connectivity index (χ1v) is 13.8. The van der Waals surface area contributed by atoms with Crippen molar-refractivity contribution in [3.05, 3.63) is 0 Å². The lowest BCUT2D eigenvalue weighted by Crippen LogP contribution is -2.37. The molecule has 0 atom stereocenters. The summed E-state index contributed by atoms with van der Waals surface area (Å²) in [6.07, 6.45) is 23.0. The maximum atomic E-state index is 6.40. The summed E-state index contributed by atoms with van der Waals surface area (Å²) in [6, 6.07) is 0. The van der Waals surface area contributed by atoms with E-state index in [4.69, 9.17) is 11.6 Å². The van der Waals surface area contributed by atoms with Gasteiger partial charge in [-0.15, -0.1) is 0 Å². The molecule has 156 valence electrons. The molecule has 0 saturated heterocycles. The average Bonchev–Trinajstić information content (AvgIpc) is 2.63. The van der Waals surface area contributed by atoms with E-state index in [9.17, 15) is 0 Å². The van der Waals surface area contributed by atoms with Crippen molar-refractivity contribution in [3.63, 3.8) is 0 Å². The first-order valence-electron chi connectivity index (χ1n) is 11.4. The minimum Gasteiger partial charge on any atom is -0.258 e. The zero-order valence-electron chi connectivity index (χ0n) is 17.6. The fourth-order valence-corrected chi connectivity index (χ4v) is 6.43. The molecular formula is C22H44ClIN2. The quantitative estimate of drug-likeness (QED) is 0.0877. The van der Waals surface area contributed by atoms with E-state index >= 15 is 0 Å². The minimum absolute atomic E-state index is 0.0565. The summed E-state index contributed by atoms with van der Waals surface area (Å²) < 4.78 is 3.56. The van der Waals surface area contributed by atoms with Crippen LogP contribution in [0.2, 0.25) is 0 Å². The molecule has 1 aliphatic rings. The SMILES string of the molecule is CCCCCCCCCCCCCCCCCCN1CCN(C)I=C1Cl. The van der Waals surface area contributed by atoms with Gasteiger partial charge in [-0.2, -0.15) is 0 Å². The van der Waals surface area contributed by atoms with Crippen LogP contribution in [0, 0.1) is 0 Å². The molecule has 0 saturated carbocycles. The second kappa shape index (κ2) is 17.9. The second-order valence-corrected chi connectivity index (χ2v) is 12.1. The monoisotopic (exact) mass is 498 g/mol. The predicted molar refractivity (Wildman–Crippen MR) is 129 cm³/mol. The van der Waals surface area contributed by atoms with Crippen LogP contribution >= 0.6 is 32.6 Å². The van der Waals surface area contributed by atoms with Crippen molar-refractivity contribution < 1.29 is 0 Å². The van der Waals surface area contributed by atoms with Gasteiger partial charge in [0, 0.05) is 40.6 Å². The Bertz CT molecular complexity index is 349. The molecule has 0 fully saturated rings. The van der Waals surface area contributed by atoms with Gasteiger partial charge in [-0.05, 0) is 13.5 Å². The summed E-state index contributed by atoms with van der Waals surface area (Å²) in [6.45, 7) is 5.81. The van der Waals surface area contributed by atoms with E-state index < -0.39 is 0 Å². The normalized spacial score (nSPS) is 16.5. The molecule has 1 heterocycles. The van der Waals surface area contributed by atoms with E-state index in [0.29, 0.717) is 0 Å². The molecule has 0 aliphatic carbocycles. The van der Waals surface area contributed by atoms with Gasteiger partial charge in [-0.1, -0.05) is 115 Å². The van der Waals surface area contributed by atoms with Crippen molar-refractivity contribution in [2.24, 2.45) is 0 Å². The van der Waals surface area contributed by atoms with Crippen LogP contribution in [0.15, 0.2) is 0 Å². The molecule has 0 aromatic rings. The maximum Gasteiger partial charge on any atom is 0.129 e. The topological polar surface area (TPSA) is 6.48 Å². The Kier molecular flexibility index (Phi) is 17.1. The standard InChI is InChI=1S/C22H44ClIN2/c1-3-4-5-6-7-8-9-10-11-12-13-14-15-16-17-18-19-26-21-20-25(2)24-22(26)23/h3-21H2,1-2H3. The molecule has 0 radical (unpaired) electrons. The zero-order chi connectivity index (χ0) is 18.9. The number of hydrogen-bond donors (Lipinski definition) is 0. The van der Waals surface area contributed by atoms with Crippen LogP contribution in [0.1, 0.15) is 110 Å². The van der Waals surface area contributed by atoms with Crippen LogP contribution in [0.3, 0.4) is 0 Å². The number of halogens is 2. The Labute approximate surface area is 179 Å². The Morgan fingerprint density at radius 2 is 1.12 bits per heavy atom. The molecule has 0 aromatic heterocycles. The van der Waals surface area contributed by atoms with Crippen LogP contribution in [0.4, 0.5) is 0 Å². The number of unbranched alkanes of at least 4 members (excludes halogenated alkanes) is 15. The molecule has 0 spiro atoms. The summed E-state index contributed by atoms with van der Waals surface area (Å²) in [7, 11) is 2.20. The highest BCUT2D eigenvalue weighted by Gasteiger charge is 2.15. The fourth-order valence-electron chi connectivity index (χ4n) is 3.60. The van der Waals surface area contributed by atoms with Gasteiger partial charge in [-0.3, -0.25) is 8.01 Å². The van der Waals surface area contributed by atoms with Crippen molar-refractivity contribution in [1.82, 2.24) is 8.01 Å². The molecule has 4 heteroatoms. The van der Waals surface area contributed by atoms with Crippen molar-refractivity contribution in [2.45, 2.75) is 110 Å². The lowest BCUT2D eigenvalue weighted by molar-refractivity contribution is 0.383. The fraction of sp³-hybridized carbons (Fsp3) is 0.955. The first-order chi connectivity index (χ1) is 12.7. The summed E-state index contributed by atoms with van der Waals surface area (Å²) >= 11 is 6.34. The smallest absolute Gasteiger partial charge is 0.129 e. The van der Waals surface area contributed by atoms with Gasteiger partial charge < -0.3 is 0 Å². The van der Waals surface area contributed by atoms with Gasteiger partial charge in [0.25, 0.3) is 0 Å². The molecular weight excluding hydrogens is 455 g/mol. The van der Waals surface area contributed by atoms with Crippen LogP contribution in [0.5, 0.6) is 0 Å². The summed E-state index contributed by atoms with van der Waals surface area (Å²) in [5.41, 5.74) is 0. The Morgan fingerprint density at radius 3 is 1.54 bits per heavy atom. The van der Waals surface area contributed by atoms with Gasteiger partial charge in [0.1, 0.15) is 3.09 Å². The highest BCUT2D eigenvalue weighted by molar-refractivity contribution is 14.2. The highest BCUT2D eigenvalue weighted by atomic mass is 127. The molecule has 26 heavy (non-hydrogen) atoms. The van der Waals surface area contributed by atoms with Crippen molar-refractivity contribution >= 4 is 35.7 Å². The zero-order valence-corrected chi connectivity index (χ0v) is 20.5. The predicted octanol–water partition coefficient (Wildman–Crippen LogP) is 7.71. The number of nitrogens with zero attached hydrogens (tertiary/aromatic N) is 2. The van der Waals surface area contributed by atoms with E-state index in [2.05, 4.69) is 22.0 Å². The summed E-state index contributed by atoms with van der Waals surface area (Å²) in [5, 5.41) is 0. The number of likely N-dealkylation sites (N-methyl/N-ethyl adjacent to an activating group) is 1. The Hall–Kier alpha value is 0.810. The maximum absolute atomic E-state index is 6.40. The third-order valence-electron chi connectivity index (χ3n) is 5.41. The Morgan fingerprint density at radius 1 is 0.692 bits per heavy atom. The van der Waals surface area contributed by atoms with Crippen LogP contribution in [-0.4, -0.2) is 37.8 Å². The van der Waals surface area contributed by atoms with Gasteiger partial charge in [0.15, 0.2) is 0 Å². The van der Waals surface area contributed by atoms with Crippen molar-refractivity contribution in [1.29, 1.82) is 0 Å². The third kappa shape index (κ3) is 13.9. The lowest BCUT2D eigenvalue weighted by atomic mass is 10.0. The molecule has 0 unspecified atom stereocenters. The number of hydrogen-bond acceptors (Lipinski definition) is 2. The molecule has 0 aromatic carbocycles. The van der Waals surface area contributed by atoms with E-state index in [1.165, 1.54) is 116 Å². The molecule has 1 rings (SSSR count). The molecule has 0 bridgehead atoms. The van der Waals surface area contributed by atoms with Crippen molar-refractivity contribution in [3.8, 4) is 0 Å². The largest absolute Gasteiger partial charge is 0.258 e. The molecule has 0 N–H and O–H groups in total. The van der Waals surface area contributed by atoms with Gasteiger partial charge in [-0.25, -0.2) is 0 Å². The van der Waals surface area contributed by atoms with Gasteiger partial charge in [0.2, 0.25) is 0 Å².